The Labute approximate surface area is 200 Å². The molecular formula is C26H21FN4O2S. The van der Waals surface area contributed by atoms with Crippen LogP contribution in [0.4, 0.5) is 4.39 Å². The Hall–Kier alpha value is -3.91. The highest BCUT2D eigenvalue weighted by molar-refractivity contribution is 7.99. The van der Waals surface area contributed by atoms with Crippen LogP contribution in [0, 0.1) is 19.7 Å². The third-order valence-electron chi connectivity index (χ3n) is 5.54. The molecule has 0 saturated heterocycles. The van der Waals surface area contributed by atoms with E-state index in [1.807, 2.05) is 65.4 Å². The van der Waals surface area contributed by atoms with Crippen molar-refractivity contribution in [1.29, 1.82) is 0 Å². The number of aryl methyl sites for hydroxylation is 1. The number of carbonyl (C=O) groups excluding carboxylic acids is 1. The highest BCUT2D eigenvalue weighted by Gasteiger charge is 2.21. The molecule has 2 aromatic carbocycles. The summed E-state index contributed by atoms with van der Waals surface area (Å²) in [7, 11) is 0. The lowest BCUT2D eigenvalue weighted by molar-refractivity contribution is 0.102. The van der Waals surface area contributed by atoms with Crippen LogP contribution >= 0.6 is 11.8 Å². The van der Waals surface area contributed by atoms with E-state index in [2.05, 4.69) is 10.2 Å². The second-order valence-electron chi connectivity index (χ2n) is 7.76. The predicted molar refractivity (Wildman–Crippen MR) is 129 cm³/mol. The highest BCUT2D eigenvalue weighted by Crippen LogP contribution is 2.29. The Balaban J connectivity index is 1.43. The van der Waals surface area contributed by atoms with Crippen molar-refractivity contribution in [3.8, 4) is 23.0 Å². The van der Waals surface area contributed by atoms with E-state index < -0.39 is 0 Å². The fourth-order valence-corrected chi connectivity index (χ4v) is 4.81. The van der Waals surface area contributed by atoms with Crippen LogP contribution in [0.2, 0.25) is 0 Å². The van der Waals surface area contributed by atoms with Crippen molar-refractivity contribution in [3.63, 3.8) is 0 Å². The fourth-order valence-electron chi connectivity index (χ4n) is 3.98. The van der Waals surface area contributed by atoms with Crippen LogP contribution in [-0.4, -0.2) is 30.9 Å². The minimum Gasteiger partial charge on any atom is -0.461 e. The minimum absolute atomic E-state index is 0.0198. The van der Waals surface area contributed by atoms with Gasteiger partial charge in [0.2, 0.25) is 5.82 Å². The van der Waals surface area contributed by atoms with Crippen LogP contribution in [0.25, 0.3) is 23.0 Å². The molecule has 0 fully saturated rings. The number of aromatic nitrogens is 4. The maximum atomic E-state index is 13.4. The molecule has 0 aliphatic heterocycles. The smallest absolute Gasteiger partial charge is 0.205 e. The van der Waals surface area contributed by atoms with Gasteiger partial charge in [-0.15, -0.1) is 10.2 Å². The summed E-state index contributed by atoms with van der Waals surface area (Å²) in [5.41, 5.74) is 4.05. The molecule has 3 aromatic heterocycles. The molecule has 0 unspecified atom stereocenters. The van der Waals surface area contributed by atoms with Crippen molar-refractivity contribution < 1.29 is 13.6 Å². The number of rotatable bonds is 7. The second kappa shape index (κ2) is 9.15. The van der Waals surface area contributed by atoms with E-state index in [-0.39, 0.29) is 17.4 Å². The van der Waals surface area contributed by atoms with Crippen LogP contribution in [0.3, 0.4) is 0 Å². The first-order chi connectivity index (χ1) is 16.5. The molecule has 6 nitrogen and oxygen atoms in total. The summed E-state index contributed by atoms with van der Waals surface area (Å²) in [5.74, 6) is 1.04. The zero-order valence-electron chi connectivity index (χ0n) is 18.6. The van der Waals surface area contributed by atoms with Gasteiger partial charge < -0.3 is 8.98 Å². The molecule has 0 atom stereocenters. The highest BCUT2D eigenvalue weighted by atomic mass is 32.2. The minimum atomic E-state index is -0.296. The zero-order chi connectivity index (χ0) is 23.7. The number of benzene rings is 2. The molecule has 0 aliphatic carbocycles. The monoisotopic (exact) mass is 472 g/mol. The largest absolute Gasteiger partial charge is 0.461 e. The number of furan rings is 1. The van der Waals surface area contributed by atoms with Gasteiger partial charge in [0.05, 0.1) is 12.0 Å². The lowest BCUT2D eigenvalue weighted by Gasteiger charge is -2.10. The summed E-state index contributed by atoms with van der Waals surface area (Å²) >= 11 is 1.32. The summed E-state index contributed by atoms with van der Waals surface area (Å²) in [6, 6.07) is 21.5. The van der Waals surface area contributed by atoms with Gasteiger partial charge in [0.15, 0.2) is 16.7 Å². The van der Waals surface area contributed by atoms with Gasteiger partial charge in [0.1, 0.15) is 5.82 Å². The molecule has 0 amide bonds. The second-order valence-corrected chi connectivity index (χ2v) is 8.71. The summed E-state index contributed by atoms with van der Waals surface area (Å²) in [5, 5.41) is 9.25. The first-order valence-electron chi connectivity index (χ1n) is 10.7. The first kappa shape index (κ1) is 21.9. The van der Waals surface area contributed by atoms with Crippen LogP contribution in [0.15, 0.2) is 88.6 Å². The van der Waals surface area contributed by atoms with Crippen molar-refractivity contribution in [2.45, 2.75) is 19.0 Å². The molecular weight excluding hydrogens is 451 g/mol. The molecule has 0 radical (unpaired) electrons. The predicted octanol–water partition coefficient (Wildman–Crippen LogP) is 6.05. The van der Waals surface area contributed by atoms with Crippen LogP contribution in [0.5, 0.6) is 0 Å². The van der Waals surface area contributed by atoms with Gasteiger partial charge >= 0.3 is 0 Å². The van der Waals surface area contributed by atoms with E-state index in [9.17, 15) is 9.18 Å². The average Bonchev–Trinajstić information content (AvgIpc) is 3.58. The Kier molecular flexibility index (Phi) is 5.90. The van der Waals surface area contributed by atoms with Gasteiger partial charge in [-0.1, -0.05) is 30.0 Å². The maximum absolute atomic E-state index is 13.4. The van der Waals surface area contributed by atoms with Crippen molar-refractivity contribution >= 4 is 17.5 Å². The first-order valence-corrected chi connectivity index (χ1v) is 11.7. The number of thioether (sulfide) groups is 1. The summed E-state index contributed by atoms with van der Waals surface area (Å²) in [6.07, 6.45) is 1.59. The molecule has 170 valence electrons. The third-order valence-corrected chi connectivity index (χ3v) is 6.47. The lowest BCUT2D eigenvalue weighted by atomic mass is 10.2. The zero-order valence-corrected chi connectivity index (χ0v) is 19.4. The number of Topliss-reactive ketones (excluding diaryl/α,β-unsaturated/α-hetero) is 1. The van der Waals surface area contributed by atoms with Crippen LogP contribution < -0.4 is 0 Å². The van der Waals surface area contributed by atoms with E-state index in [4.69, 9.17) is 4.42 Å². The van der Waals surface area contributed by atoms with Gasteiger partial charge in [-0.3, -0.25) is 9.36 Å². The van der Waals surface area contributed by atoms with Crippen molar-refractivity contribution in [3.05, 3.63) is 102 Å². The quantitative estimate of drug-likeness (QED) is 0.213. The molecule has 0 N–H and O–H groups in total. The summed E-state index contributed by atoms with van der Waals surface area (Å²) in [4.78, 5) is 13.2. The number of para-hydroxylation sites is 1. The van der Waals surface area contributed by atoms with Gasteiger partial charge in [-0.25, -0.2) is 4.39 Å². The number of halogens is 1. The van der Waals surface area contributed by atoms with E-state index in [1.54, 1.807) is 24.5 Å². The average molecular weight is 473 g/mol. The molecule has 3 heterocycles. The Bertz CT molecular complexity index is 1440. The molecule has 5 rings (SSSR count). The Morgan fingerprint density at radius 1 is 0.941 bits per heavy atom. The number of carbonyl (C=O) groups is 1. The maximum Gasteiger partial charge on any atom is 0.205 e. The molecule has 0 bridgehead atoms. The van der Waals surface area contributed by atoms with Crippen molar-refractivity contribution in [2.75, 3.05) is 5.75 Å². The van der Waals surface area contributed by atoms with Gasteiger partial charge in [-0.05, 0) is 68.4 Å². The van der Waals surface area contributed by atoms with Gasteiger partial charge in [0, 0.05) is 28.3 Å². The van der Waals surface area contributed by atoms with Gasteiger partial charge in [0.25, 0.3) is 0 Å². The normalized spacial score (nSPS) is 11.1. The van der Waals surface area contributed by atoms with Crippen LogP contribution in [0.1, 0.15) is 21.7 Å². The third kappa shape index (κ3) is 4.08. The van der Waals surface area contributed by atoms with E-state index in [0.717, 1.165) is 22.8 Å². The fraction of sp³-hybridized carbons (Fsp3) is 0.115. The Morgan fingerprint density at radius 3 is 2.38 bits per heavy atom. The molecule has 34 heavy (non-hydrogen) atoms. The summed E-state index contributed by atoms with van der Waals surface area (Å²) in [6.45, 7) is 3.83. The number of hydrogen-bond acceptors (Lipinski definition) is 5. The number of nitrogens with zero attached hydrogens (tertiary/aromatic N) is 4. The van der Waals surface area contributed by atoms with Crippen LogP contribution in [-0.2, 0) is 0 Å². The molecule has 0 aliphatic rings. The topological polar surface area (TPSA) is 65.8 Å². The van der Waals surface area contributed by atoms with Gasteiger partial charge in [-0.2, -0.15) is 0 Å². The van der Waals surface area contributed by atoms with E-state index >= 15 is 0 Å². The van der Waals surface area contributed by atoms with Crippen molar-refractivity contribution in [1.82, 2.24) is 19.3 Å². The molecule has 0 spiro atoms. The number of hydrogen-bond donors (Lipinski definition) is 0. The molecule has 5 aromatic rings. The van der Waals surface area contributed by atoms with E-state index in [0.29, 0.717) is 22.3 Å². The Morgan fingerprint density at radius 2 is 1.68 bits per heavy atom. The standard InChI is InChI=1S/C26H21FN4O2S/c1-17-15-22(18(2)30(17)21-12-10-19(27)11-13-21)23(32)16-34-26-29-28-25(24-9-6-14-33-24)31(26)20-7-4-3-5-8-20/h3-15H,16H2,1-2H3. The SMILES string of the molecule is Cc1cc(C(=O)CSc2nnc(-c3ccco3)n2-c2ccccc2)c(C)n1-c1ccc(F)cc1. The lowest BCUT2D eigenvalue weighted by Crippen LogP contribution is -2.07. The van der Waals surface area contributed by atoms with Crippen molar-refractivity contribution in [2.24, 2.45) is 0 Å². The van der Waals surface area contributed by atoms with E-state index in [1.165, 1.54) is 23.9 Å². The molecule has 0 saturated carbocycles. The number of ketones is 1. The molecule has 8 heteroatoms. The summed E-state index contributed by atoms with van der Waals surface area (Å²) < 4.78 is 22.8.